The summed E-state index contributed by atoms with van der Waals surface area (Å²) in [4.78, 5) is 30.4. The monoisotopic (exact) mass is 465 g/mol. The summed E-state index contributed by atoms with van der Waals surface area (Å²) in [6.45, 7) is 4.24. The van der Waals surface area contributed by atoms with Crippen LogP contribution < -0.4 is 15.6 Å². The molecule has 1 unspecified atom stereocenters. The largest absolute Gasteiger partial charge is 0.495 e. The molecule has 0 spiro atoms. The Labute approximate surface area is 188 Å². The van der Waals surface area contributed by atoms with Crippen molar-refractivity contribution in [2.24, 2.45) is 0 Å². The van der Waals surface area contributed by atoms with Gasteiger partial charge in [0.2, 0.25) is 5.91 Å². The number of thioether (sulfide) groups is 1. The third kappa shape index (κ3) is 4.91. The lowest BCUT2D eigenvalue weighted by atomic mass is 10.2. The molecule has 1 atom stereocenters. The summed E-state index contributed by atoms with van der Waals surface area (Å²) in [6, 6.07) is 9.99. The van der Waals surface area contributed by atoms with Crippen molar-refractivity contribution in [1.82, 2.24) is 9.55 Å². The lowest BCUT2D eigenvalue weighted by Crippen LogP contribution is -2.27. The van der Waals surface area contributed by atoms with E-state index in [1.165, 1.54) is 18.9 Å². The Morgan fingerprint density at radius 3 is 2.63 bits per heavy atom. The van der Waals surface area contributed by atoms with E-state index in [-0.39, 0.29) is 11.5 Å². The molecule has 0 aliphatic heterocycles. The second-order valence-electron chi connectivity index (χ2n) is 6.61. The van der Waals surface area contributed by atoms with Gasteiger partial charge in [0.05, 0.1) is 29.0 Å². The average Bonchev–Trinajstić information content (AvgIpc) is 2.70. The maximum absolute atomic E-state index is 12.9. The summed E-state index contributed by atoms with van der Waals surface area (Å²) in [5.41, 5.74) is 0.836. The number of carbonyl (C=O) groups excluding carboxylic acids is 1. The maximum Gasteiger partial charge on any atom is 0.262 e. The van der Waals surface area contributed by atoms with E-state index in [2.05, 4.69) is 10.3 Å². The number of anilines is 1. The fourth-order valence-electron chi connectivity index (χ4n) is 2.91. The van der Waals surface area contributed by atoms with Crippen LogP contribution in [0.15, 0.2) is 46.3 Å². The van der Waals surface area contributed by atoms with Gasteiger partial charge in [0.1, 0.15) is 5.75 Å². The molecule has 0 aliphatic rings. The molecule has 3 rings (SSSR count). The van der Waals surface area contributed by atoms with Crippen LogP contribution in [0.2, 0.25) is 10.0 Å². The smallest absolute Gasteiger partial charge is 0.262 e. The van der Waals surface area contributed by atoms with Crippen LogP contribution in [0.4, 0.5) is 5.69 Å². The fourth-order valence-corrected chi connectivity index (χ4v) is 4.18. The molecule has 0 aliphatic carbocycles. The highest BCUT2D eigenvalue weighted by Crippen LogP contribution is 2.30. The average molecular weight is 466 g/mol. The summed E-state index contributed by atoms with van der Waals surface area (Å²) in [5.74, 6) is 0.246. The van der Waals surface area contributed by atoms with Crippen LogP contribution in [0.1, 0.15) is 20.3 Å². The number of rotatable bonds is 7. The molecule has 0 fully saturated rings. The van der Waals surface area contributed by atoms with Crippen molar-refractivity contribution in [3.05, 3.63) is 56.8 Å². The molecular formula is C21H21Cl2N3O3S. The van der Waals surface area contributed by atoms with Crippen molar-refractivity contribution in [3.63, 3.8) is 0 Å². The lowest BCUT2D eigenvalue weighted by molar-refractivity contribution is -0.115. The molecule has 0 bridgehead atoms. The first-order chi connectivity index (χ1) is 14.3. The van der Waals surface area contributed by atoms with Crippen LogP contribution in [0, 0.1) is 0 Å². The number of carbonyl (C=O) groups is 1. The van der Waals surface area contributed by atoms with Gasteiger partial charge in [-0.2, -0.15) is 0 Å². The van der Waals surface area contributed by atoms with E-state index in [0.717, 1.165) is 6.42 Å². The van der Waals surface area contributed by atoms with Crippen LogP contribution in [0.5, 0.6) is 5.75 Å². The van der Waals surface area contributed by atoms with E-state index >= 15 is 0 Å². The SMILES string of the molecule is CCCn1c(SC(C)C(=O)Nc2cc(Cl)ccc2OC)nc2cc(Cl)ccc2c1=O. The molecule has 2 aromatic carbocycles. The summed E-state index contributed by atoms with van der Waals surface area (Å²) < 4.78 is 6.88. The van der Waals surface area contributed by atoms with Crippen LogP contribution in [0.3, 0.4) is 0 Å². The third-order valence-corrected chi connectivity index (χ3v) is 5.96. The number of nitrogens with zero attached hydrogens (tertiary/aromatic N) is 2. The van der Waals surface area contributed by atoms with Crippen LogP contribution in [0.25, 0.3) is 10.9 Å². The Hall–Kier alpha value is -2.22. The number of benzene rings is 2. The molecule has 9 heteroatoms. The van der Waals surface area contributed by atoms with Crippen molar-refractivity contribution in [3.8, 4) is 5.75 Å². The van der Waals surface area contributed by atoms with E-state index in [1.54, 1.807) is 47.9 Å². The number of ether oxygens (including phenoxy) is 1. The molecule has 0 radical (unpaired) electrons. The zero-order chi connectivity index (χ0) is 21.8. The Morgan fingerprint density at radius 1 is 1.23 bits per heavy atom. The van der Waals surface area contributed by atoms with Crippen LogP contribution in [-0.4, -0.2) is 27.8 Å². The Bertz CT molecular complexity index is 1150. The minimum Gasteiger partial charge on any atom is -0.495 e. The summed E-state index contributed by atoms with van der Waals surface area (Å²) in [5, 5.41) is 4.25. The number of methoxy groups -OCH3 is 1. The Balaban J connectivity index is 1.91. The summed E-state index contributed by atoms with van der Waals surface area (Å²) >= 11 is 13.3. The molecule has 1 heterocycles. The zero-order valence-corrected chi connectivity index (χ0v) is 19.1. The highest BCUT2D eigenvalue weighted by atomic mass is 35.5. The second-order valence-corrected chi connectivity index (χ2v) is 8.79. The minimum atomic E-state index is -0.527. The molecular weight excluding hydrogens is 445 g/mol. The molecule has 1 aromatic heterocycles. The molecule has 0 saturated heterocycles. The van der Waals surface area contributed by atoms with Gasteiger partial charge in [-0.05, 0) is 49.7 Å². The molecule has 1 amide bonds. The number of hydrogen-bond acceptors (Lipinski definition) is 5. The first kappa shape index (κ1) is 22.5. The highest BCUT2D eigenvalue weighted by Gasteiger charge is 2.20. The number of nitrogens with one attached hydrogen (secondary N) is 1. The molecule has 1 N–H and O–H groups in total. The quantitative estimate of drug-likeness (QED) is 0.381. The molecule has 3 aromatic rings. The fraction of sp³-hybridized carbons (Fsp3) is 0.286. The lowest BCUT2D eigenvalue weighted by Gasteiger charge is -2.17. The first-order valence-corrected chi connectivity index (χ1v) is 11.0. The van der Waals surface area contributed by atoms with Gasteiger partial charge < -0.3 is 10.1 Å². The second kappa shape index (κ2) is 9.73. The van der Waals surface area contributed by atoms with Gasteiger partial charge >= 0.3 is 0 Å². The van der Waals surface area contributed by atoms with Crippen LogP contribution >= 0.6 is 35.0 Å². The van der Waals surface area contributed by atoms with Crippen molar-refractivity contribution < 1.29 is 9.53 Å². The number of halogens is 2. The molecule has 158 valence electrons. The molecule has 6 nitrogen and oxygen atoms in total. The van der Waals surface area contributed by atoms with Crippen molar-refractivity contribution >= 4 is 57.5 Å². The Kier molecular flexibility index (Phi) is 7.28. The van der Waals surface area contributed by atoms with Crippen molar-refractivity contribution in [1.29, 1.82) is 0 Å². The predicted octanol–water partition coefficient (Wildman–Crippen LogP) is 5.24. The van der Waals surface area contributed by atoms with Gasteiger partial charge in [-0.25, -0.2) is 4.98 Å². The third-order valence-electron chi connectivity index (χ3n) is 4.40. The van der Waals surface area contributed by atoms with E-state index in [9.17, 15) is 9.59 Å². The zero-order valence-electron chi connectivity index (χ0n) is 16.7. The van der Waals surface area contributed by atoms with Gasteiger partial charge in [-0.15, -0.1) is 0 Å². The van der Waals surface area contributed by atoms with Gasteiger partial charge in [-0.1, -0.05) is 41.9 Å². The van der Waals surface area contributed by atoms with Gasteiger partial charge in [0, 0.05) is 16.6 Å². The number of fused-ring (bicyclic) bond motifs is 1. The van der Waals surface area contributed by atoms with Gasteiger partial charge in [-0.3, -0.25) is 14.2 Å². The molecule has 0 saturated carbocycles. The number of amides is 1. The number of hydrogen-bond donors (Lipinski definition) is 1. The minimum absolute atomic E-state index is 0.148. The highest BCUT2D eigenvalue weighted by molar-refractivity contribution is 8.00. The first-order valence-electron chi connectivity index (χ1n) is 9.35. The molecule has 30 heavy (non-hydrogen) atoms. The maximum atomic E-state index is 12.9. The van der Waals surface area contributed by atoms with Gasteiger partial charge in [0.15, 0.2) is 5.16 Å². The van der Waals surface area contributed by atoms with Crippen molar-refractivity contribution in [2.75, 3.05) is 12.4 Å². The van der Waals surface area contributed by atoms with E-state index < -0.39 is 5.25 Å². The van der Waals surface area contributed by atoms with E-state index in [1.807, 2.05) is 6.92 Å². The predicted molar refractivity (Wildman–Crippen MR) is 123 cm³/mol. The van der Waals surface area contributed by atoms with Gasteiger partial charge in [0.25, 0.3) is 5.56 Å². The summed E-state index contributed by atoms with van der Waals surface area (Å²) in [6.07, 6.45) is 0.758. The van der Waals surface area contributed by atoms with Crippen molar-refractivity contribution in [2.45, 2.75) is 37.2 Å². The normalized spacial score (nSPS) is 12.0. The van der Waals surface area contributed by atoms with E-state index in [0.29, 0.717) is 44.1 Å². The Morgan fingerprint density at radius 2 is 1.93 bits per heavy atom. The standard InChI is InChI=1S/C21H21Cl2N3O3S/c1-4-9-26-20(28)15-7-5-13(22)10-16(15)25-21(26)30-12(2)19(27)24-17-11-14(23)6-8-18(17)29-3/h5-8,10-12H,4,9H2,1-3H3,(H,24,27). The summed E-state index contributed by atoms with van der Waals surface area (Å²) in [7, 11) is 1.52. The topological polar surface area (TPSA) is 73.2 Å². The van der Waals surface area contributed by atoms with Crippen LogP contribution in [-0.2, 0) is 11.3 Å². The number of aromatic nitrogens is 2. The van der Waals surface area contributed by atoms with E-state index in [4.69, 9.17) is 27.9 Å².